The van der Waals surface area contributed by atoms with Gasteiger partial charge in [0.05, 0.1) is 20.3 Å². The number of hydrogen-bond acceptors (Lipinski definition) is 8. The summed E-state index contributed by atoms with van der Waals surface area (Å²) in [6.07, 6.45) is 0. The van der Waals surface area contributed by atoms with E-state index >= 15 is 0 Å². The first-order valence-electron chi connectivity index (χ1n) is 8.36. The summed E-state index contributed by atoms with van der Waals surface area (Å²) < 4.78 is 15.1. The van der Waals surface area contributed by atoms with E-state index in [0.29, 0.717) is 11.4 Å². The van der Waals surface area contributed by atoms with Gasteiger partial charge in [0, 0.05) is 5.69 Å². The number of aliphatic hydroxyl groups excluding tert-OH is 2. The predicted octanol–water partition coefficient (Wildman–Crippen LogP) is 3.21. The first kappa shape index (κ1) is 21.9. The van der Waals surface area contributed by atoms with E-state index in [0.717, 1.165) is 4.90 Å². The number of nitrogens with zero attached hydrogens (tertiary/aromatic N) is 1. The normalized spacial score (nSPS) is 12.5. The third kappa shape index (κ3) is 5.40. The van der Waals surface area contributed by atoms with Gasteiger partial charge in [0.25, 0.3) is 0 Å². The second-order valence-corrected chi connectivity index (χ2v) is 5.34. The molecule has 148 valence electrons. The van der Waals surface area contributed by atoms with Crippen LogP contribution in [0.25, 0.3) is 0 Å². The molecule has 0 fully saturated rings. The van der Waals surface area contributed by atoms with Crippen molar-refractivity contribution in [3.8, 4) is 5.75 Å². The zero-order chi connectivity index (χ0) is 20.6. The highest BCUT2D eigenvalue weighted by molar-refractivity contribution is 6.02. The van der Waals surface area contributed by atoms with Crippen molar-refractivity contribution in [3.63, 3.8) is 0 Å². The van der Waals surface area contributed by atoms with Gasteiger partial charge in [-0.2, -0.15) is 0 Å². The lowest BCUT2D eigenvalue weighted by Crippen LogP contribution is -2.34. The van der Waals surface area contributed by atoms with Crippen molar-refractivity contribution >= 4 is 17.6 Å². The van der Waals surface area contributed by atoms with E-state index in [1.807, 2.05) is 0 Å². The quantitative estimate of drug-likeness (QED) is 0.403. The lowest BCUT2D eigenvalue weighted by atomic mass is 10.2. The summed E-state index contributed by atoms with van der Waals surface area (Å²) in [7, 11) is 1.50. The van der Waals surface area contributed by atoms with Crippen LogP contribution in [0.5, 0.6) is 5.75 Å². The average Bonchev–Trinajstić information content (AvgIpc) is 2.61. The van der Waals surface area contributed by atoms with E-state index in [4.69, 9.17) is 14.2 Å². The fourth-order valence-corrected chi connectivity index (χ4v) is 2.30. The Balaban J connectivity index is 3.69. The number of rotatable bonds is 8. The Morgan fingerprint density at radius 3 is 1.59 bits per heavy atom. The van der Waals surface area contributed by atoms with Gasteiger partial charge in [0.1, 0.15) is 17.3 Å². The Bertz CT molecular complexity index is 687. The van der Waals surface area contributed by atoms with Gasteiger partial charge in [-0.25, -0.2) is 9.59 Å². The molecule has 0 aliphatic heterocycles. The van der Waals surface area contributed by atoms with Gasteiger partial charge in [-0.3, -0.25) is 4.90 Å². The van der Waals surface area contributed by atoms with E-state index in [1.54, 1.807) is 38.1 Å². The Hall–Kier alpha value is -3.16. The van der Waals surface area contributed by atoms with Crippen LogP contribution in [0.1, 0.15) is 27.7 Å². The smallest absolute Gasteiger partial charge is 0.358 e. The number of methoxy groups -OCH3 is 1. The van der Waals surface area contributed by atoms with E-state index in [9.17, 15) is 19.8 Å². The highest BCUT2D eigenvalue weighted by Crippen LogP contribution is 2.30. The maximum Gasteiger partial charge on any atom is 0.358 e. The summed E-state index contributed by atoms with van der Waals surface area (Å²) in [5, 5.41) is 20.3. The van der Waals surface area contributed by atoms with Crippen molar-refractivity contribution in [2.75, 3.05) is 25.2 Å². The molecule has 0 bridgehead atoms. The van der Waals surface area contributed by atoms with Crippen LogP contribution < -0.4 is 9.64 Å². The van der Waals surface area contributed by atoms with Gasteiger partial charge >= 0.3 is 11.9 Å². The number of benzene rings is 1. The Morgan fingerprint density at radius 1 is 0.889 bits per heavy atom. The topological polar surface area (TPSA) is 106 Å². The molecule has 0 aromatic heterocycles. The average molecular weight is 379 g/mol. The lowest BCUT2D eigenvalue weighted by molar-refractivity contribution is -0.139. The van der Waals surface area contributed by atoms with Crippen molar-refractivity contribution in [2.24, 2.45) is 0 Å². The van der Waals surface area contributed by atoms with Gasteiger partial charge in [-0.15, -0.1) is 0 Å². The molecular weight excluding hydrogens is 354 g/mol. The number of anilines is 1. The molecule has 0 saturated heterocycles. The van der Waals surface area contributed by atoms with Crippen LogP contribution >= 0.6 is 0 Å². The number of carbonyl (C=O) groups excluding carboxylic acids is 2. The summed E-state index contributed by atoms with van der Waals surface area (Å²) in [6.45, 7) is 5.89. The highest BCUT2D eigenvalue weighted by atomic mass is 16.5. The van der Waals surface area contributed by atoms with E-state index in [-0.39, 0.29) is 24.6 Å². The molecule has 1 aromatic rings. The summed E-state index contributed by atoms with van der Waals surface area (Å²) in [5.74, 6) is -1.98. The third-order valence-corrected chi connectivity index (χ3v) is 3.40. The monoisotopic (exact) mass is 379 g/mol. The van der Waals surface area contributed by atoms with E-state index in [2.05, 4.69) is 0 Å². The molecule has 27 heavy (non-hydrogen) atoms. The van der Waals surface area contributed by atoms with Crippen molar-refractivity contribution in [3.05, 3.63) is 47.2 Å². The summed E-state index contributed by atoms with van der Waals surface area (Å²) >= 11 is 0. The van der Waals surface area contributed by atoms with E-state index in [1.165, 1.54) is 21.0 Å². The van der Waals surface area contributed by atoms with Crippen LogP contribution in [0.2, 0.25) is 0 Å². The van der Waals surface area contributed by atoms with Crippen molar-refractivity contribution < 1.29 is 34.0 Å². The molecule has 8 nitrogen and oxygen atoms in total. The first-order chi connectivity index (χ1) is 12.8. The molecule has 2 N–H and O–H groups in total. The van der Waals surface area contributed by atoms with Crippen molar-refractivity contribution in [2.45, 2.75) is 27.7 Å². The fourth-order valence-electron chi connectivity index (χ4n) is 2.30. The molecular formula is C19H25NO7. The van der Waals surface area contributed by atoms with Gasteiger partial charge in [-0.05, 0) is 52.0 Å². The second-order valence-electron chi connectivity index (χ2n) is 5.34. The molecule has 0 aliphatic carbocycles. The summed E-state index contributed by atoms with van der Waals surface area (Å²) in [6, 6.07) is 6.33. The SMILES string of the molecule is CCOC(=O)/C(=C(/C)O)N(/C(C(=O)OCC)=C(\C)O)c1ccc(OC)cc1. The summed E-state index contributed by atoms with van der Waals surface area (Å²) in [4.78, 5) is 26.0. The predicted molar refractivity (Wildman–Crippen MR) is 99.4 cm³/mol. The molecule has 0 radical (unpaired) electrons. The molecule has 1 rings (SSSR count). The zero-order valence-electron chi connectivity index (χ0n) is 16.1. The fraction of sp³-hybridized carbons (Fsp3) is 0.368. The molecule has 0 atom stereocenters. The van der Waals surface area contributed by atoms with Gasteiger partial charge in [0.2, 0.25) is 0 Å². The van der Waals surface area contributed by atoms with Crippen LogP contribution in [-0.2, 0) is 19.1 Å². The van der Waals surface area contributed by atoms with Crippen molar-refractivity contribution in [1.82, 2.24) is 0 Å². The number of ether oxygens (including phenoxy) is 3. The Kier molecular flexibility index (Phi) is 8.19. The zero-order valence-corrected chi connectivity index (χ0v) is 16.1. The number of carbonyl (C=O) groups is 2. The Morgan fingerprint density at radius 2 is 1.30 bits per heavy atom. The standard InChI is InChI=1S/C19H25NO7/c1-6-26-18(23)16(12(3)21)20(14-8-10-15(25-5)11-9-14)17(13(4)22)19(24)27-7-2/h8-11,21-22H,6-7H2,1-5H3/b16-12+,17-13+. The first-order valence-corrected chi connectivity index (χ1v) is 8.36. The molecule has 0 amide bonds. The second kappa shape index (κ2) is 10.1. The van der Waals surface area contributed by atoms with Crippen LogP contribution in [0.4, 0.5) is 5.69 Å². The maximum atomic E-state index is 12.5. The largest absolute Gasteiger partial charge is 0.510 e. The van der Waals surface area contributed by atoms with E-state index < -0.39 is 23.5 Å². The molecule has 0 saturated carbocycles. The highest BCUT2D eigenvalue weighted by Gasteiger charge is 2.32. The van der Waals surface area contributed by atoms with Crippen LogP contribution in [-0.4, -0.2) is 42.5 Å². The molecule has 0 heterocycles. The molecule has 0 spiro atoms. The third-order valence-electron chi connectivity index (χ3n) is 3.40. The lowest BCUT2D eigenvalue weighted by Gasteiger charge is -2.28. The molecule has 0 unspecified atom stereocenters. The van der Waals surface area contributed by atoms with Gasteiger partial charge < -0.3 is 24.4 Å². The summed E-state index contributed by atoms with van der Waals surface area (Å²) in [5.41, 5.74) is -0.333. The minimum atomic E-state index is -0.864. The minimum absolute atomic E-state index is 0.0582. The van der Waals surface area contributed by atoms with Crippen LogP contribution in [0.15, 0.2) is 47.2 Å². The Labute approximate surface area is 158 Å². The van der Waals surface area contributed by atoms with Crippen LogP contribution in [0, 0.1) is 0 Å². The van der Waals surface area contributed by atoms with Crippen molar-refractivity contribution in [1.29, 1.82) is 0 Å². The molecule has 0 aliphatic rings. The maximum absolute atomic E-state index is 12.5. The number of esters is 2. The number of hydrogen-bond donors (Lipinski definition) is 2. The van der Waals surface area contributed by atoms with Gasteiger partial charge in [-0.1, -0.05) is 0 Å². The molecule has 8 heteroatoms. The molecule has 1 aromatic carbocycles. The number of aliphatic hydroxyl groups is 2. The minimum Gasteiger partial charge on any atom is -0.510 e. The number of allylic oxidation sites excluding steroid dienone is 2. The van der Waals surface area contributed by atoms with Crippen LogP contribution in [0.3, 0.4) is 0 Å². The van der Waals surface area contributed by atoms with Gasteiger partial charge in [0.15, 0.2) is 11.4 Å².